The second-order valence-electron chi connectivity index (χ2n) is 4.02. The summed E-state index contributed by atoms with van der Waals surface area (Å²) < 4.78 is 1.67. The number of carbonyl (C=O) groups excluding carboxylic acids is 1. The average molecular weight is 419 g/mol. The van der Waals surface area contributed by atoms with Gasteiger partial charge in [-0.1, -0.05) is 0 Å². The number of hydrogen-bond donors (Lipinski definition) is 2. The van der Waals surface area contributed by atoms with E-state index in [1.165, 1.54) is 17.4 Å². The van der Waals surface area contributed by atoms with Crippen molar-refractivity contribution in [1.29, 1.82) is 0 Å². The van der Waals surface area contributed by atoms with Crippen LogP contribution in [0.2, 0.25) is 0 Å². The van der Waals surface area contributed by atoms with Crippen LogP contribution in [0.3, 0.4) is 0 Å². The van der Waals surface area contributed by atoms with Crippen molar-refractivity contribution < 1.29 is 14.7 Å². The van der Waals surface area contributed by atoms with Gasteiger partial charge in [-0.3, -0.25) is 4.79 Å². The van der Waals surface area contributed by atoms with Crippen LogP contribution in [0.4, 0.5) is 5.69 Å². The number of carboxylic acids is 1. The number of rotatable bonds is 3. The van der Waals surface area contributed by atoms with E-state index in [1.807, 2.05) is 0 Å². The summed E-state index contributed by atoms with van der Waals surface area (Å²) in [5.41, 5.74) is 1.39. The molecule has 0 saturated carbocycles. The molecule has 0 bridgehead atoms. The van der Waals surface area contributed by atoms with Gasteiger partial charge in [-0.05, 0) is 68.6 Å². The summed E-state index contributed by atoms with van der Waals surface area (Å²) in [6.45, 7) is 1.69. The lowest BCUT2D eigenvalue weighted by atomic mass is 10.1. The van der Waals surface area contributed by atoms with Crippen LogP contribution in [-0.4, -0.2) is 17.0 Å². The lowest BCUT2D eigenvalue weighted by Gasteiger charge is -2.06. The molecule has 1 aromatic heterocycles. The molecule has 0 spiro atoms. The normalized spacial score (nSPS) is 10.3. The zero-order valence-corrected chi connectivity index (χ0v) is 14.2. The quantitative estimate of drug-likeness (QED) is 0.769. The minimum Gasteiger partial charge on any atom is -0.478 e. The van der Waals surface area contributed by atoms with Crippen molar-refractivity contribution in [2.45, 2.75) is 6.92 Å². The Morgan fingerprint density at radius 2 is 1.95 bits per heavy atom. The Balaban J connectivity index is 2.20. The molecule has 20 heavy (non-hydrogen) atoms. The van der Waals surface area contributed by atoms with Crippen LogP contribution in [0.25, 0.3) is 0 Å². The number of carboxylic acid groups (broad SMARTS) is 1. The monoisotopic (exact) mass is 417 g/mol. The zero-order valence-electron chi connectivity index (χ0n) is 10.2. The molecule has 1 heterocycles. The highest BCUT2D eigenvalue weighted by Gasteiger charge is 2.13. The Bertz CT molecular complexity index is 677. The standard InChI is InChI=1S/C13H9Br2NO3S/c1-6-4-7(2-3-8(6)13(18)19)16-12(17)10-5-9(14)11(15)20-10/h2-5H,1H3,(H,16,17)(H,18,19). The highest BCUT2D eigenvalue weighted by atomic mass is 79.9. The highest BCUT2D eigenvalue weighted by molar-refractivity contribution is 9.13. The number of benzene rings is 1. The fraction of sp³-hybridized carbons (Fsp3) is 0.0769. The first-order chi connectivity index (χ1) is 9.38. The number of carbonyl (C=O) groups is 2. The van der Waals surface area contributed by atoms with Gasteiger partial charge in [0.1, 0.15) is 0 Å². The number of nitrogens with one attached hydrogen (secondary N) is 1. The van der Waals surface area contributed by atoms with E-state index < -0.39 is 5.97 Å². The van der Waals surface area contributed by atoms with Gasteiger partial charge in [0.25, 0.3) is 5.91 Å². The van der Waals surface area contributed by atoms with Crippen molar-refractivity contribution in [3.8, 4) is 0 Å². The Labute approximate surface area is 136 Å². The average Bonchev–Trinajstić information content (AvgIpc) is 2.69. The van der Waals surface area contributed by atoms with E-state index in [0.717, 1.165) is 8.26 Å². The fourth-order valence-corrected chi connectivity index (χ4v) is 3.56. The van der Waals surface area contributed by atoms with Gasteiger partial charge < -0.3 is 10.4 Å². The molecule has 2 N–H and O–H groups in total. The summed E-state index contributed by atoms with van der Waals surface area (Å²) in [4.78, 5) is 23.5. The molecule has 0 atom stereocenters. The first-order valence-electron chi connectivity index (χ1n) is 5.48. The number of halogens is 2. The zero-order chi connectivity index (χ0) is 14.9. The van der Waals surface area contributed by atoms with Gasteiger partial charge in [-0.25, -0.2) is 4.79 Å². The van der Waals surface area contributed by atoms with E-state index in [2.05, 4.69) is 37.2 Å². The predicted octanol–water partition coefficient (Wildman–Crippen LogP) is 4.53. The molecule has 0 unspecified atom stereocenters. The van der Waals surface area contributed by atoms with Crippen LogP contribution in [0.1, 0.15) is 25.6 Å². The maximum Gasteiger partial charge on any atom is 0.335 e. The van der Waals surface area contributed by atoms with Gasteiger partial charge in [-0.2, -0.15) is 0 Å². The summed E-state index contributed by atoms with van der Waals surface area (Å²) >= 11 is 7.98. The molecule has 1 aromatic carbocycles. The van der Waals surface area contributed by atoms with E-state index in [1.54, 1.807) is 25.1 Å². The highest BCUT2D eigenvalue weighted by Crippen LogP contribution is 2.32. The molecule has 1 amide bonds. The van der Waals surface area contributed by atoms with Gasteiger partial charge in [0.2, 0.25) is 0 Å². The number of anilines is 1. The summed E-state index contributed by atoms with van der Waals surface area (Å²) in [6, 6.07) is 6.42. The molecule has 0 saturated heterocycles. The minimum absolute atomic E-state index is 0.226. The van der Waals surface area contributed by atoms with Crippen LogP contribution in [0.5, 0.6) is 0 Å². The molecule has 2 rings (SSSR count). The molecule has 104 valence electrons. The van der Waals surface area contributed by atoms with E-state index in [4.69, 9.17) is 5.11 Å². The van der Waals surface area contributed by atoms with Gasteiger partial charge in [-0.15, -0.1) is 11.3 Å². The molecular weight excluding hydrogens is 410 g/mol. The van der Waals surface area contributed by atoms with Crippen LogP contribution in [-0.2, 0) is 0 Å². The Kier molecular flexibility index (Phi) is 4.62. The molecule has 4 nitrogen and oxygen atoms in total. The third-order valence-electron chi connectivity index (χ3n) is 2.58. The van der Waals surface area contributed by atoms with Crippen LogP contribution >= 0.6 is 43.2 Å². The number of hydrogen-bond acceptors (Lipinski definition) is 3. The Hall–Kier alpha value is -1.18. The van der Waals surface area contributed by atoms with Crippen molar-refractivity contribution in [3.63, 3.8) is 0 Å². The van der Waals surface area contributed by atoms with Crippen LogP contribution in [0.15, 0.2) is 32.5 Å². The fourth-order valence-electron chi connectivity index (χ4n) is 1.63. The molecule has 0 aliphatic heterocycles. The molecule has 2 aromatic rings. The molecule has 0 aliphatic rings. The number of thiophene rings is 1. The minimum atomic E-state index is -0.980. The maximum absolute atomic E-state index is 12.1. The SMILES string of the molecule is Cc1cc(NC(=O)c2cc(Br)c(Br)s2)ccc1C(=O)O. The largest absolute Gasteiger partial charge is 0.478 e. The summed E-state index contributed by atoms with van der Waals surface area (Å²) in [7, 11) is 0. The topological polar surface area (TPSA) is 66.4 Å². The van der Waals surface area contributed by atoms with Crippen molar-refractivity contribution in [3.05, 3.63) is 48.5 Å². The van der Waals surface area contributed by atoms with E-state index >= 15 is 0 Å². The maximum atomic E-state index is 12.1. The van der Waals surface area contributed by atoms with Gasteiger partial charge >= 0.3 is 5.97 Å². The summed E-state index contributed by atoms with van der Waals surface area (Å²) in [5.74, 6) is -1.21. The number of aromatic carboxylic acids is 1. The second-order valence-corrected chi connectivity index (χ2v) is 7.25. The summed E-state index contributed by atoms with van der Waals surface area (Å²) in [5, 5.41) is 11.7. The van der Waals surface area contributed by atoms with E-state index in [-0.39, 0.29) is 11.5 Å². The van der Waals surface area contributed by atoms with Gasteiger partial charge in [0.05, 0.1) is 14.2 Å². The molecule has 0 fully saturated rings. The number of aryl methyl sites for hydroxylation is 1. The van der Waals surface area contributed by atoms with Crippen molar-refractivity contribution in [2.75, 3.05) is 5.32 Å². The molecule has 0 radical (unpaired) electrons. The van der Waals surface area contributed by atoms with Crippen LogP contribution in [0, 0.1) is 6.92 Å². The van der Waals surface area contributed by atoms with Gasteiger partial charge in [0.15, 0.2) is 0 Å². The van der Waals surface area contributed by atoms with Crippen molar-refractivity contribution in [2.24, 2.45) is 0 Å². The lowest BCUT2D eigenvalue weighted by Crippen LogP contribution is -2.11. The Morgan fingerprint density at radius 1 is 1.25 bits per heavy atom. The van der Waals surface area contributed by atoms with E-state index in [0.29, 0.717) is 16.1 Å². The lowest BCUT2D eigenvalue weighted by molar-refractivity contribution is 0.0696. The molecule has 0 aliphatic carbocycles. The third kappa shape index (κ3) is 3.28. The summed E-state index contributed by atoms with van der Waals surface area (Å²) in [6.07, 6.45) is 0. The third-order valence-corrected chi connectivity index (χ3v) is 5.84. The Morgan fingerprint density at radius 3 is 2.45 bits per heavy atom. The van der Waals surface area contributed by atoms with E-state index in [9.17, 15) is 9.59 Å². The smallest absolute Gasteiger partial charge is 0.335 e. The van der Waals surface area contributed by atoms with Crippen molar-refractivity contribution >= 4 is 60.8 Å². The number of amides is 1. The van der Waals surface area contributed by atoms with Crippen molar-refractivity contribution in [1.82, 2.24) is 0 Å². The molecular formula is C13H9Br2NO3S. The second kappa shape index (κ2) is 6.07. The van der Waals surface area contributed by atoms with Crippen LogP contribution < -0.4 is 5.32 Å². The first-order valence-corrected chi connectivity index (χ1v) is 7.89. The van der Waals surface area contributed by atoms with Gasteiger partial charge in [0, 0.05) is 10.2 Å². The molecule has 7 heteroatoms. The first kappa shape index (κ1) is 15.2. The predicted molar refractivity (Wildman–Crippen MR) is 85.8 cm³/mol.